The SMILES string of the molecule is Cc1cc(NC(=O)CCI)c(C)cc1CO[O-].[Na+]. The van der Waals surface area contributed by atoms with E-state index in [0.717, 1.165) is 26.8 Å². The van der Waals surface area contributed by atoms with E-state index in [0.29, 0.717) is 6.42 Å². The van der Waals surface area contributed by atoms with Crippen LogP contribution in [0.4, 0.5) is 5.69 Å². The van der Waals surface area contributed by atoms with Crippen LogP contribution in [-0.2, 0) is 16.3 Å². The molecule has 4 nitrogen and oxygen atoms in total. The van der Waals surface area contributed by atoms with Crippen molar-refractivity contribution in [3.8, 4) is 0 Å². The first kappa shape index (κ1) is 18.3. The van der Waals surface area contributed by atoms with Gasteiger partial charge in [0.1, 0.15) is 0 Å². The van der Waals surface area contributed by atoms with Crippen LogP contribution in [0, 0.1) is 13.8 Å². The number of alkyl halides is 1. The van der Waals surface area contributed by atoms with Crippen molar-refractivity contribution in [1.29, 1.82) is 0 Å². The topological polar surface area (TPSA) is 61.4 Å². The van der Waals surface area contributed by atoms with Gasteiger partial charge in [0, 0.05) is 16.5 Å². The molecule has 94 valence electrons. The number of carbonyl (C=O) groups excluding carboxylic acids is 1. The van der Waals surface area contributed by atoms with E-state index in [2.05, 4.69) is 32.8 Å². The van der Waals surface area contributed by atoms with E-state index in [9.17, 15) is 10.1 Å². The quantitative estimate of drug-likeness (QED) is 0.234. The average molecular weight is 371 g/mol. The van der Waals surface area contributed by atoms with Crippen LogP contribution in [0.25, 0.3) is 0 Å². The zero-order valence-corrected chi connectivity index (χ0v) is 15.0. The van der Waals surface area contributed by atoms with Crippen molar-refractivity contribution < 1.29 is 44.5 Å². The maximum absolute atomic E-state index is 11.5. The van der Waals surface area contributed by atoms with Gasteiger partial charge in [-0.3, -0.25) is 4.79 Å². The fourth-order valence-corrected chi connectivity index (χ4v) is 2.02. The third kappa shape index (κ3) is 5.54. The van der Waals surface area contributed by atoms with Gasteiger partial charge in [-0.2, -0.15) is 0 Å². The van der Waals surface area contributed by atoms with Gasteiger partial charge in [-0.05, 0) is 36.6 Å². The van der Waals surface area contributed by atoms with Gasteiger partial charge < -0.3 is 15.5 Å². The minimum absolute atomic E-state index is 0. The van der Waals surface area contributed by atoms with Gasteiger partial charge in [-0.25, -0.2) is 0 Å². The molecule has 6 heteroatoms. The zero-order chi connectivity index (χ0) is 12.8. The summed E-state index contributed by atoms with van der Waals surface area (Å²) >= 11 is 2.16. The molecule has 18 heavy (non-hydrogen) atoms. The normalized spacial score (nSPS) is 9.78. The molecule has 0 aliphatic carbocycles. The van der Waals surface area contributed by atoms with Crippen LogP contribution in [0.5, 0.6) is 0 Å². The first-order chi connectivity index (χ1) is 8.08. The summed E-state index contributed by atoms with van der Waals surface area (Å²) in [6.07, 6.45) is 0.504. The molecular formula is C12H15INNaO3. The number of rotatable bonds is 5. The van der Waals surface area contributed by atoms with Crippen molar-refractivity contribution in [2.75, 3.05) is 9.74 Å². The Hall–Kier alpha value is 0.340. The Labute approximate surface area is 143 Å². The fraction of sp³-hybridized carbons (Fsp3) is 0.417. The summed E-state index contributed by atoms with van der Waals surface area (Å²) < 4.78 is 0.795. The molecule has 0 aliphatic heterocycles. The van der Waals surface area contributed by atoms with E-state index < -0.39 is 0 Å². The van der Waals surface area contributed by atoms with E-state index in [-0.39, 0.29) is 42.1 Å². The molecule has 0 atom stereocenters. The summed E-state index contributed by atoms with van der Waals surface area (Å²) in [5.41, 5.74) is 3.53. The molecule has 0 aromatic heterocycles. The van der Waals surface area contributed by atoms with Gasteiger partial charge in [0.15, 0.2) is 0 Å². The summed E-state index contributed by atoms with van der Waals surface area (Å²) in [6, 6.07) is 3.74. The number of anilines is 1. The first-order valence-corrected chi connectivity index (χ1v) is 6.81. The van der Waals surface area contributed by atoms with Gasteiger partial charge in [0.05, 0.1) is 6.61 Å². The molecule has 1 aromatic rings. The maximum atomic E-state index is 11.5. The first-order valence-electron chi connectivity index (χ1n) is 5.29. The number of halogens is 1. The predicted octanol–water partition coefficient (Wildman–Crippen LogP) is -1.14. The molecule has 0 saturated carbocycles. The number of amides is 1. The van der Waals surface area contributed by atoms with Gasteiger partial charge in [-0.1, -0.05) is 28.7 Å². The molecule has 1 rings (SSSR count). The van der Waals surface area contributed by atoms with Crippen molar-refractivity contribution in [2.24, 2.45) is 0 Å². The molecule has 1 N–H and O–H groups in total. The molecule has 0 radical (unpaired) electrons. The Balaban J connectivity index is 0.00000289. The zero-order valence-electron chi connectivity index (χ0n) is 10.9. The minimum Gasteiger partial charge on any atom is -0.723 e. The standard InChI is InChI=1S/C12H16INO3.Na/c1-8-6-11(14-12(15)3-4-13)9(2)5-10(8)7-17-16;/h5-6,16H,3-4,7H2,1-2H3,(H,14,15);/q;+1/p-1. The summed E-state index contributed by atoms with van der Waals surface area (Å²) in [5.74, 6) is 0.00900. The van der Waals surface area contributed by atoms with Crippen molar-refractivity contribution >= 4 is 34.2 Å². The van der Waals surface area contributed by atoms with Crippen LogP contribution < -0.4 is 40.1 Å². The Bertz CT molecular complexity index is 413. The number of hydrogen-bond donors (Lipinski definition) is 1. The Morgan fingerprint density at radius 2 is 2.06 bits per heavy atom. The van der Waals surface area contributed by atoms with Crippen molar-refractivity contribution in [2.45, 2.75) is 26.9 Å². The monoisotopic (exact) mass is 371 g/mol. The maximum Gasteiger partial charge on any atom is 1.00 e. The van der Waals surface area contributed by atoms with Gasteiger partial charge >= 0.3 is 29.6 Å². The number of nitrogens with one attached hydrogen (secondary N) is 1. The van der Waals surface area contributed by atoms with Crippen LogP contribution >= 0.6 is 22.6 Å². The van der Waals surface area contributed by atoms with Crippen LogP contribution in [-0.4, -0.2) is 10.3 Å². The summed E-state index contributed by atoms with van der Waals surface area (Å²) in [5, 5.41) is 13.0. The van der Waals surface area contributed by atoms with Gasteiger partial charge in [0.2, 0.25) is 5.91 Å². The third-order valence-electron chi connectivity index (χ3n) is 2.49. The van der Waals surface area contributed by atoms with Gasteiger partial charge in [-0.15, -0.1) is 0 Å². The number of hydrogen-bond acceptors (Lipinski definition) is 3. The summed E-state index contributed by atoms with van der Waals surface area (Å²) in [4.78, 5) is 15.4. The van der Waals surface area contributed by atoms with Gasteiger partial charge in [0.25, 0.3) is 0 Å². The molecule has 0 spiro atoms. The molecule has 0 heterocycles. The number of carbonyl (C=O) groups is 1. The fourth-order valence-electron chi connectivity index (χ4n) is 1.53. The van der Waals surface area contributed by atoms with Crippen LogP contribution in [0.3, 0.4) is 0 Å². The second-order valence-corrected chi connectivity index (χ2v) is 4.92. The molecule has 0 fully saturated rings. The second kappa shape index (κ2) is 9.28. The van der Waals surface area contributed by atoms with Crippen LogP contribution in [0.15, 0.2) is 12.1 Å². The molecule has 1 amide bonds. The second-order valence-electron chi connectivity index (χ2n) is 3.84. The number of benzene rings is 1. The average Bonchev–Trinajstić information content (AvgIpc) is 2.26. The van der Waals surface area contributed by atoms with E-state index in [4.69, 9.17) is 0 Å². The Morgan fingerprint density at radius 3 is 2.61 bits per heavy atom. The molecule has 0 bridgehead atoms. The van der Waals surface area contributed by atoms with Crippen molar-refractivity contribution in [1.82, 2.24) is 0 Å². The number of aryl methyl sites for hydroxylation is 2. The van der Waals surface area contributed by atoms with E-state index in [1.165, 1.54) is 0 Å². The van der Waals surface area contributed by atoms with Crippen molar-refractivity contribution in [3.63, 3.8) is 0 Å². The molecule has 0 saturated heterocycles. The largest absolute Gasteiger partial charge is 1.00 e. The van der Waals surface area contributed by atoms with E-state index in [1.54, 1.807) is 0 Å². The summed E-state index contributed by atoms with van der Waals surface area (Å²) in [6.45, 7) is 3.84. The van der Waals surface area contributed by atoms with Crippen LogP contribution in [0.2, 0.25) is 0 Å². The van der Waals surface area contributed by atoms with E-state index >= 15 is 0 Å². The Morgan fingerprint density at radius 1 is 1.39 bits per heavy atom. The van der Waals surface area contributed by atoms with E-state index in [1.807, 2.05) is 26.0 Å². The molecule has 1 aromatic carbocycles. The molecular weight excluding hydrogens is 356 g/mol. The predicted molar refractivity (Wildman–Crippen MR) is 72.8 cm³/mol. The molecule has 0 unspecified atom stereocenters. The smallest absolute Gasteiger partial charge is 0.723 e. The van der Waals surface area contributed by atoms with Crippen LogP contribution in [0.1, 0.15) is 23.1 Å². The minimum atomic E-state index is 0. The Kier molecular flexibility index (Phi) is 9.45. The third-order valence-corrected chi connectivity index (χ3v) is 3.03. The summed E-state index contributed by atoms with van der Waals surface area (Å²) in [7, 11) is 0. The molecule has 0 aliphatic rings. The van der Waals surface area contributed by atoms with Crippen molar-refractivity contribution in [3.05, 3.63) is 28.8 Å².